The van der Waals surface area contributed by atoms with Crippen LogP contribution in [0.2, 0.25) is 0 Å². The van der Waals surface area contributed by atoms with Gasteiger partial charge in [0.25, 0.3) is 5.91 Å². The molecule has 2 aromatic carbocycles. The highest BCUT2D eigenvalue weighted by Crippen LogP contribution is 2.37. The van der Waals surface area contributed by atoms with Gasteiger partial charge < -0.3 is 9.64 Å². The van der Waals surface area contributed by atoms with E-state index in [1.807, 2.05) is 30.3 Å². The number of hydrogen-bond donors (Lipinski definition) is 0. The molecule has 1 amide bonds. The van der Waals surface area contributed by atoms with E-state index in [2.05, 4.69) is 6.92 Å². The molecule has 1 heterocycles. The summed E-state index contributed by atoms with van der Waals surface area (Å²) < 4.78 is 5.18. The summed E-state index contributed by atoms with van der Waals surface area (Å²) in [6.45, 7) is 2.42. The summed E-state index contributed by atoms with van der Waals surface area (Å²) in [5.41, 5.74) is 1.64. The first kappa shape index (κ1) is 18.0. The second-order valence-electron chi connectivity index (χ2n) is 6.00. The third kappa shape index (κ3) is 4.06. The summed E-state index contributed by atoms with van der Waals surface area (Å²) in [4.78, 5) is 27.5. The Balaban J connectivity index is 1.68. The number of fused-ring (bicyclic) bond motifs is 1. The third-order valence-electron chi connectivity index (χ3n) is 4.12. The van der Waals surface area contributed by atoms with Gasteiger partial charge >= 0.3 is 5.97 Å². The molecule has 2 aromatic rings. The highest BCUT2D eigenvalue weighted by atomic mass is 32.2. The number of thioether (sulfide) groups is 1. The molecule has 6 heteroatoms. The van der Waals surface area contributed by atoms with Crippen LogP contribution in [0.15, 0.2) is 53.4 Å². The first-order valence-electron chi connectivity index (χ1n) is 8.32. The first-order chi connectivity index (χ1) is 12.6. The van der Waals surface area contributed by atoms with E-state index in [1.165, 1.54) is 12.1 Å². The maximum Gasteiger partial charge on any atom is 0.338 e. The number of anilines is 1. The molecule has 0 unspecified atom stereocenters. The minimum absolute atomic E-state index is 0.242. The van der Waals surface area contributed by atoms with Gasteiger partial charge in [-0.05, 0) is 42.8 Å². The van der Waals surface area contributed by atoms with E-state index in [0.29, 0.717) is 22.9 Å². The predicted molar refractivity (Wildman–Crippen MR) is 100 cm³/mol. The normalized spacial score (nSPS) is 16.2. The average molecular weight is 366 g/mol. The van der Waals surface area contributed by atoms with Gasteiger partial charge in [0.1, 0.15) is 0 Å². The van der Waals surface area contributed by atoms with Crippen molar-refractivity contribution in [3.63, 3.8) is 0 Å². The molecule has 132 valence electrons. The van der Waals surface area contributed by atoms with Gasteiger partial charge in [-0.2, -0.15) is 5.26 Å². The van der Waals surface area contributed by atoms with Crippen LogP contribution in [0.4, 0.5) is 5.69 Å². The SMILES string of the molecule is C[C@H]1CCN(C(=O)COC(=O)c2ccc(C#N)cc2)c2ccccc2S1. The summed E-state index contributed by atoms with van der Waals surface area (Å²) in [5.74, 6) is -0.817. The largest absolute Gasteiger partial charge is 0.452 e. The molecule has 1 aliphatic heterocycles. The number of nitriles is 1. The van der Waals surface area contributed by atoms with Crippen molar-refractivity contribution in [1.29, 1.82) is 5.26 Å². The fraction of sp³-hybridized carbons (Fsp3) is 0.250. The molecule has 26 heavy (non-hydrogen) atoms. The Morgan fingerprint density at radius 1 is 1.23 bits per heavy atom. The van der Waals surface area contributed by atoms with Crippen LogP contribution < -0.4 is 4.90 Å². The molecule has 0 bridgehead atoms. The fourth-order valence-corrected chi connectivity index (χ4v) is 3.83. The maximum absolute atomic E-state index is 12.7. The molecule has 0 fully saturated rings. The summed E-state index contributed by atoms with van der Waals surface area (Å²) in [6.07, 6.45) is 0.870. The monoisotopic (exact) mass is 366 g/mol. The molecule has 5 nitrogen and oxygen atoms in total. The van der Waals surface area contributed by atoms with Crippen molar-refractivity contribution in [3.05, 3.63) is 59.7 Å². The lowest BCUT2D eigenvalue weighted by molar-refractivity contribution is -0.121. The minimum atomic E-state index is -0.575. The Hall–Kier alpha value is -2.78. The van der Waals surface area contributed by atoms with Gasteiger partial charge in [-0.15, -0.1) is 11.8 Å². The van der Waals surface area contributed by atoms with Crippen molar-refractivity contribution in [2.24, 2.45) is 0 Å². The standard InChI is InChI=1S/C20H18N2O3S/c1-14-10-11-22(17-4-2-3-5-18(17)26-14)19(23)13-25-20(24)16-8-6-15(12-21)7-9-16/h2-9,14H,10-11,13H2,1H3/t14-/m0/s1. The number of carbonyl (C=O) groups is 2. The Morgan fingerprint density at radius 3 is 2.69 bits per heavy atom. The van der Waals surface area contributed by atoms with E-state index in [1.54, 1.807) is 28.8 Å². The fourth-order valence-electron chi connectivity index (χ4n) is 2.72. The van der Waals surface area contributed by atoms with E-state index in [4.69, 9.17) is 10.00 Å². The molecule has 0 saturated heterocycles. The number of ether oxygens (including phenoxy) is 1. The molecule has 3 rings (SSSR count). The van der Waals surface area contributed by atoms with Gasteiger partial charge in [0.2, 0.25) is 0 Å². The summed E-state index contributed by atoms with van der Waals surface area (Å²) >= 11 is 1.75. The number of benzene rings is 2. The highest BCUT2D eigenvalue weighted by Gasteiger charge is 2.24. The van der Waals surface area contributed by atoms with E-state index in [9.17, 15) is 9.59 Å². The second kappa shape index (κ2) is 8.07. The van der Waals surface area contributed by atoms with Crippen molar-refractivity contribution in [2.45, 2.75) is 23.5 Å². The minimum Gasteiger partial charge on any atom is -0.452 e. The molecule has 0 radical (unpaired) electrons. The van der Waals surface area contributed by atoms with Gasteiger partial charge in [0, 0.05) is 16.7 Å². The summed E-state index contributed by atoms with van der Waals surface area (Å²) in [6, 6.07) is 15.9. The average Bonchev–Trinajstić information content (AvgIpc) is 2.84. The topological polar surface area (TPSA) is 70.4 Å². The number of para-hydroxylation sites is 1. The zero-order chi connectivity index (χ0) is 18.5. The molecule has 1 aliphatic rings. The van der Waals surface area contributed by atoms with Gasteiger partial charge in [0.05, 0.1) is 22.9 Å². The van der Waals surface area contributed by atoms with E-state index in [-0.39, 0.29) is 12.5 Å². The molecule has 0 saturated carbocycles. The zero-order valence-electron chi connectivity index (χ0n) is 14.3. The van der Waals surface area contributed by atoms with Gasteiger partial charge in [0.15, 0.2) is 6.61 Å². The second-order valence-corrected chi connectivity index (χ2v) is 7.48. The van der Waals surface area contributed by atoms with Gasteiger partial charge in [-0.1, -0.05) is 19.1 Å². The van der Waals surface area contributed by atoms with Crippen LogP contribution in [-0.4, -0.2) is 30.3 Å². The Bertz CT molecular complexity index is 858. The highest BCUT2D eigenvalue weighted by molar-refractivity contribution is 8.00. The van der Waals surface area contributed by atoms with E-state index < -0.39 is 5.97 Å². The van der Waals surface area contributed by atoms with Crippen LogP contribution in [0.3, 0.4) is 0 Å². The molecular weight excluding hydrogens is 348 g/mol. The number of esters is 1. The lowest BCUT2D eigenvalue weighted by Crippen LogP contribution is -2.35. The molecule has 0 spiro atoms. The number of carbonyl (C=O) groups excluding carboxylic acids is 2. The van der Waals surface area contributed by atoms with Crippen molar-refractivity contribution >= 4 is 29.3 Å². The number of nitrogens with zero attached hydrogens (tertiary/aromatic N) is 2. The lowest BCUT2D eigenvalue weighted by Gasteiger charge is -2.22. The Labute approximate surface area is 156 Å². The number of rotatable bonds is 3. The van der Waals surface area contributed by atoms with Crippen molar-refractivity contribution in [3.8, 4) is 6.07 Å². The van der Waals surface area contributed by atoms with Crippen LogP contribution in [0.1, 0.15) is 29.3 Å². The molecule has 0 aromatic heterocycles. The quantitative estimate of drug-likeness (QED) is 0.776. The summed E-state index contributed by atoms with van der Waals surface area (Å²) in [7, 11) is 0. The van der Waals surface area contributed by atoms with Crippen LogP contribution in [-0.2, 0) is 9.53 Å². The number of amides is 1. The third-order valence-corrected chi connectivity index (χ3v) is 5.36. The van der Waals surface area contributed by atoms with Gasteiger partial charge in [-0.3, -0.25) is 4.79 Å². The first-order valence-corrected chi connectivity index (χ1v) is 9.20. The Morgan fingerprint density at radius 2 is 1.96 bits per heavy atom. The Kier molecular flexibility index (Phi) is 5.59. The number of hydrogen-bond acceptors (Lipinski definition) is 5. The smallest absolute Gasteiger partial charge is 0.338 e. The van der Waals surface area contributed by atoms with Crippen LogP contribution in [0.5, 0.6) is 0 Å². The molecule has 0 N–H and O–H groups in total. The molecule has 0 aliphatic carbocycles. The van der Waals surface area contributed by atoms with Crippen molar-refractivity contribution in [1.82, 2.24) is 0 Å². The lowest BCUT2D eigenvalue weighted by atomic mass is 10.1. The van der Waals surface area contributed by atoms with Crippen LogP contribution in [0.25, 0.3) is 0 Å². The molecule has 1 atom stereocenters. The predicted octanol–water partition coefficient (Wildman–Crippen LogP) is 3.63. The van der Waals surface area contributed by atoms with E-state index in [0.717, 1.165) is 17.0 Å². The zero-order valence-corrected chi connectivity index (χ0v) is 15.2. The summed E-state index contributed by atoms with van der Waals surface area (Å²) in [5, 5.41) is 9.20. The van der Waals surface area contributed by atoms with Crippen molar-refractivity contribution in [2.75, 3.05) is 18.1 Å². The van der Waals surface area contributed by atoms with Gasteiger partial charge in [-0.25, -0.2) is 4.79 Å². The van der Waals surface area contributed by atoms with Crippen LogP contribution in [0, 0.1) is 11.3 Å². The van der Waals surface area contributed by atoms with Crippen molar-refractivity contribution < 1.29 is 14.3 Å². The van der Waals surface area contributed by atoms with E-state index >= 15 is 0 Å². The molecular formula is C20H18N2O3S. The van der Waals surface area contributed by atoms with Crippen LogP contribution >= 0.6 is 11.8 Å². The maximum atomic E-state index is 12.7.